The highest BCUT2D eigenvalue weighted by molar-refractivity contribution is 6.31. The third-order valence-electron chi connectivity index (χ3n) is 3.97. The van der Waals surface area contributed by atoms with Gasteiger partial charge in [-0.05, 0) is 29.8 Å². The fourth-order valence-electron chi connectivity index (χ4n) is 2.69. The predicted molar refractivity (Wildman–Crippen MR) is 98.9 cm³/mol. The molecule has 27 heavy (non-hydrogen) atoms. The van der Waals surface area contributed by atoms with Crippen molar-refractivity contribution in [2.75, 3.05) is 5.32 Å². The van der Waals surface area contributed by atoms with Crippen LogP contribution in [0.1, 0.15) is 5.56 Å². The molecule has 4 rings (SSSR count). The van der Waals surface area contributed by atoms with Gasteiger partial charge in [-0.25, -0.2) is 9.07 Å². The summed E-state index contributed by atoms with van der Waals surface area (Å²) in [6, 6.07) is 13.3. The number of hydrogen-bond donors (Lipinski definition) is 1. The molecular formula is C18H14ClFN6O. The lowest BCUT2D eigenvalue weighted by Crippen LogP contribution is -2.20. The lowest BCUT2D eigenvalue weighted by molar-refractivity contribution is -0.116. The zero-order chi connectivity index (χ0) is 18.8. The molecule has 0 fully saturated rings. The summed E-state index contributed by atoms with van der Waals surface area (Å²) >= 11 is 6.03. The van der Waals surface area contributed by atoms with Gasteiger partial charge in [0.15, 0.2) is 5.82 Å². The van der Waals surface area contributed by atoms with Crippen molar-refractivity contribution in [3.63, 3.8) is 0 Å². The van der Waals surface area contributed by atoms with E-state index < -0.39 is 5.82 Å². The van der Waals surface area contributed by atoms with Crippen LogP contribution in [0, 0.1) is 5.82 Å². The van der Waals surface area contributed by atoms with E-state index in [4.69, 9.17) is 11.6 Å². The lowest BCUT2D eigenvalue weighted by Gasteiger charge is -2.05. The van der Waals surface area contributed by atoms with Crippen LogP contribution in [0.5, 0.6) is 0 Å². The normalized spacial score (nSPS) is 11.0. The van der Waals surface area contributed by atoms with Crippen LogP contribution < -0.4 is 5.32 Å². The number of hydrogen-bond acceptors (Lipinski definition) is 4. The standard InChI is InChI=1S/C18H14ClFN6O/c19-14-9-13(20)6-5-12(14)10-25-8-7-17(23-25)21-18(27)11-26-16-4-2-1-3-15(16)22-24-26/h1-9H,10-11H2,(H,21,23,27). The Bertz CT molecular complexity index is 1120. The quantitative estimate of drug-likeness (QED) is 0.573. The van der Waals surface area contributed by atoms with Gasteiger partial charge in [-0.1, -0.05) is 35.0 Å². The Morgan fingerprint density at radius 3 is 2.89 bits per heavy atom. The smallest absolute Gasteiger partial charge is 0.247 e. The Hall–Kier alpha value is -3.26. The number of rotatable bonds is 5. The number of carbonyl (C=O) groups is 1. The molecule has 0 spiro atoms. The van der Waals surface area contributed by atoms with Crippen molar-refractivity contribution in [2.45, 2.75) is 13.1 Å². The minimum absolute atomic E-state index is 0.0250. The third-order valence-corrected chi connectivity index (χ3v) is 4.32. The van der Waals surface area contributed by atoms with E-state index in [0.717, 1.165) is 16.6 Å². The van der Waals surface area contributed by atoms with Gasteiger partial charge in [0.1, 0.15) is 17.9 Å². The molecule has 9 heteroatoms. The highest BCUT2D eigenvalue weighted by Crippen LogP contribution is 2.18. The molecule has 0 aliphatic rings. The van der Waals surface area contributed by atoms with Gasteiger partial charge in [-0.2, -0.15) is 5.10 Å². The Morgan fingerprint density at radius 1 is 1.19 bits per heavy atom. The molecule has 0 bridgehead atoms. The van der Waals surface area contributed by atoms with Crippen molar-refractivity contribution in [2.24, 2.45) is 0 Å². The predicted octanol–water partition coefficient (Wildman–Crippen LogP) is 3.11. The van der Waals surface area contributed by atoms with Crippen LogP contribution in [-0.2, 0) is 17.9 Å². The van der Waals surface area contributed by atoms with Gasteiger partial charge in [0.25, 0.3) is 0 Å². The largest absolute Gasteiger partial charge is 0.308 e. The van der Waals surface area contributed by atoms with E-state index in [1.165, 1.54) is 16.8 Å². The summed E-state index contributed by atoms with van der Waals surface area (Å²) in [6.45, 7) is 0.389. The Labute approximate surface area is 158 Å². The molecule has 2 aromatic heterocycles. The molecule has 0 aliphatic heterocycles. The molecule has 2 aromatic carbocycles. The van der Waals surface area contributed by atoms with Crippen LogP contribution >= 0.6 is 11.6 Å². The lowest BCUT2D eigenvalue weighted by atomic mass is 10.2. The Balaban J connectivity index is 1.42. The summed E-state index contributed by atoms with van der Waals surface area (Å²) in [6.07, 6.45) is 1.71. The van der Waals surface area contributed by atoms with Crippen LogP contribution in [0.15, 0.2) is 54.7 Å². The second-order valence-electron chi connectivity index (χ2n) is 5.92. The number of anilines is 1. The van der Waals surface area contributed by atoms with Gasteiger partial charge >= 0.3 is 0 Å². The van der Waals surface area contributed by atoms with Crippen LogP contribution in [0.4, 0.5) is 10.2 Å². The summed E-state index contributed by atoms with van der Waals surface area (Å²) in [4.78, 5) is 12.3. The Kier molecular flexibility index (Phi) is 4.55. The highest BCUT2D eigenvalue weighted by atomic mass is 35.5. The van der Waals surface area contributed by atoms with Gasteiger partial charge in [-0.3, -0.25) is 9.48 Å². The average molecular weight is 385 g/mol. The van der Waals surface area contributed by atoms with Crippen molar-refractivity contribution in [3.8, 4) is 0 Å². The average Bonchev–Trinajstić information content (AvgIpc) is 3.25. The molecule has 136 valence electrons. The SMILES string of the molecule is O=C(Cn1nnc2ccccc21)Nc1ccn(Cc2ccc(F)cc2Cl)n1. The zero-order valence-electron chi connectivity index (χ0n) is 14.0. The number of benzene rings is 2. The van der Waals surface area contributed by atoms with E-state index >= 15 is 0 Å². The molecule has 0 aliphatic carbocycles. The second-order valence-corrected chi connectivity index (χ2v) is 6.33. The second kappa shape index (κ2) is 7.16. The monoisotopic (exact) mass is 384 g/mol. The van der Waals surface area contributed by atoms with Gasteiger partial charge in [0.2, 0.25) is 5.91 Å². The van der Waals surface area contributed by atoms with Gasteiger partial charge in [0.05, 0.1) is 12.1 Å². The van der Waals surface area contributed by atoms with E-state index in [9.17, 15) is 9.18 Å². The number of fused-ring (bicyclic) bond motifs is 1. The van der Waals surface area contributed by atoms with Gasteiger partial charge in [0, 0.05) is 17.3 Å². The maximum absolute atomic E-state index is 13.1. The number of nitrogens with one attached hydrogen (secondary N) is 1. The number of halogens is 2. The van der Waals surface area contributed by atoms with E-state index in [1.54, 1.807) is 23.0 Å². The minimum atomic E-state index is -0.391. The third kappa shape index (κ3) is 3.80. The van der Waals surface area contributed by atoms with Crippen LogP contribution in [0.25, 0.3) is 11.0 Å². The van der Waals surface area contributed by atoms with Crippen molar-refractivity contribution in [1.29, 1.82) is 0 Å². The van der Waals surface area contributed by atoms with E-state index in [0.29, 0.717) is 17.4 Å². The number of nitrogens with zero attached hydrogens (tertiary/aromatic N) is 5. The van der Waals surface area contributed by atoms with Crippen molar-refractivity contribution in [3.05, 3.63) is 71.1 Å². The molecule has 0 radical (unpaired) electrons. The zero-order valence-corrected chi connectivity index (χ0v) is 14.8. The van der Waals surface area contributed by atoms with Crippen molar-refractivity contribution in [1.82, 2.24) is 24.8 Å². The first-order valence-corrected chi connectivity index (χ1v) is 8.52. The summed E-state index contributed by atoms with van der Waals surface area (Å²) in [5.74, 6) is -0.254. The Morgan fingerprint density at radius 2 is 2.04 bits per heavy atom. The maximum atomic E-state index is 13.1. The number of amides is 1. The van der Waals surface area contributed by atoms with Gasteiger partial charge < -0.3 is 5.32 Å². The summed E-state index contributed by atoms with van der Waals surface area (Å²) in [5, 5.41) is 15.3. The van der Waals surface area contributed by atoms with E-state index in [1.807, 2.05) is 24.3 Å². The maximum Gasteiger partial charge on any atom is 0.247 e. The number of aromatic nitrogens is 5. The van der Waals surface area contributed by atoms with Crippen LogP contribution in [-0.4, -0.2) is 30.7 Å². The molecule has 1 N–H and O–H groups in total. The molecule has 1 amide bonds. The van der Waals surface area contributed by atoms with E-state index in [2.05, 4.69) is 20.7 Å². The molecule has 7 nitrogen and oxygen atoms in total. The highest BCUT2D eigenvalue weighted by Gasteiger charge is 2.11. The topological polar surface area (TPSA) is 77.6 Å². The first kappa shape index (κ1) is 17.2. The molecule has 0 atom stereocenters. The van der Waals surface area contributed by atoms with Crippen LogP contribution in [0.2, 0.25) is 5.02 Å². The molecule has 2 heterocycles. The van der Waals surface area contributed by atoms with Gasteiger partial charge in [-0.15, -0.1) is 5.10 Å². The minimum Gasteiger partial charge on any atom is -0.308 e. The fourth-order valence-corrected chi connectivity index (χ4v) is 2.92. The first-order valence-electron chi connectivity index (χ1n) is 8.14. The number of para-hydroxylation sites is 1. The summed E-state index contributed by atoms with van der Waals surface area (Å²) < 4.78 is 16.3. The molecule has 4 aromatic rings. The van der Waals surface area contributed by atoms with Crippen molar-refractivity contribution < 1.29 is 9.18 Å². The molecule has 0 saturated heterocycles. The molecule has 0 unspecified atom stereocenters. The summed E-state index contributed by atoms with van der Waals surface area (Å²) in [5.41, 5.74) is 2.24. The summed E-state index contributed by atoms with van der Waals surface area (Å²) in [7, 11) is 0. The molecular weight excluding hydrogens is 371 g/mol. The van der Waals surface area contributed by atoms with Crippen molar-refractivity contribution >= 4 is 34.4 Å². The van der Waals surface area contributed by atoms with Crippen LogP contribution in [0.3, 0.4) is 0 Å². The first-order chi connectivity index (χ1) is 13.1. The number of carbonyl (C=O) groups excluding carboxylic acids is 1. The van der Waals surface area contributed by atoms with E-state index in [-0.39, 0.29) is 12.5 Å². The molecule has 0 saturated carbocycles. The fraction of sp³-hybridized carbons (Fsp3) is 0.111.